The molecule has 19 heavy (non-hydrogen) atoms. The molecule has 0 radical (unpaired) electrons. The van der Waals surface area contributed by atoms with Crippen LogP contribution < -0.4 is 0 Å². The van der Waals surface area contributed by atoms with Crippen molar-refractivity contribution in [2.75, 3.05) is 0 Å². The maximum absolute atomic E-state index is 11.0. The molecule has 98 valence electrons. The quantitative estimate of drug-likeness (QED) is 0.662. The highest BCUT2D eigenvalue weighted by Gasteiger charge is 2.22. The molecule has 8 heteroatoms. The standard InChI is InChI=1S/C11H10N4O4/c1-6-3-4-12-10(9(6)15(18)19)14-5-8(11(16)17)7(2)13-14/h3-5H,1-2H3,(H,16,17). The van der Waals surface area contributed by atoms with Crippen molar-refractivity contribution in [3.05, 3.63) is 45.4 Å². The highest BCUT2D eigenvalue weighted by Crippen LogP contribution is 2.24. The van der Waals surface area contributed by atoms with Gasteiger partial charge in [0.25, 0.3) is 0 Å². The molecule has 0 bridgehead atoms. The van der Waals surface area contributed by atoms with E-state index in [4.69, 9.17) is 5.11 Å². The van der Waals surface area contributed by atoms with Crippen molar-refractivity contribution in [2.24, 2.45) is 0 Å². The van der Waals surface area contributed by atoms with Gasteiger partial charge >= 0.3 is 11.7 Å². The van der Waals surface area contributed by atoms with Crippen molar-refractivity contribution >= 4 is 11.7 Å². The fraction of sp³-hybridized carbons (Fsp3) is 0.182. The van der Waals surface area contributed by atoms with Crippen LogP contribution >= 0.6 is 0 Å². The first-order valence-corrected chi connectivity index (χ1v) is 5.31. The first-order valence-electron chi connectivity index (χ1n) is 5.31. The molecule has 0 fully saturated rings. The van der Waals surface area contributed by atoms with Gasteiger partial charge in [0, 0.05) is 18.0 Å². The molecule has 0 unspecified atom stereocenters. The number of carboxylic acids is 1. The number of nitrogens with zero attached hydrogens (tertiary/aromatic N) is 4. The first kappa shape index (κ1) is 12.7. The Hall–Kier alpha value is -2.77. The largest absolute Gasteiger partial charge is 0.478 e. The summed E-state index contributed by atoms with van der Waals surface area (Å²) in [6.45, 7) is 3.10. The number of carboxylic acid groups (broad SMARTS) is 1. The van der Waals surface area contributed by atoms with Crippen LogP contribution in [-0.4, -0.2) is 30.8 Å². The number of aryl methyl sites for hydroxylation is 2. The number of hydrogen-bond acceptors (Lipinski definition) is 5. The lowest BCUT2D eigenvalue weighted by molar-refractivity contribution is -0.385. The molecule has 2 rings (SSSR count). The fourth-order valence-corrected chi connectivity index (χ4v) is 1.71. The van der Waals surface area contributed by atoms with Gasteiger partial charge in [-0.3, -0.25) is 10.1 Å². The molecule has 0 saturated carbocycles. The number of aromatic carboxylic acids is 1. The van der Waals surface area contributed by atoms with E-state index in [1.54, 1.807) is 6.92 Å². The zero-order valence-corrected chi connectivity index (χ0v) is 10.2. The highest BCUT2D eigenvalue weighted by atomic mass is 16.6. The predicted molar refractivity (Wildman–Crippen MR) is 64.4 cm³/mol. The number of hydrogen-bond donors (Lipinski definition) is 1. The van der Waals surface area contributed by atoms with Crippen molar-refractivity contribution in [1.29, 1.82) is 0 Å². The second-order valence-electron chi connectivity index (χ2n) is 3.94. The minimum absolute atomic E-state index is 0.000556. The summed E-state index contributed by atoms with van der Waals surface area (Å²) in [7, 11) is 0. The van der Waals surface area contributed by atoms with Gasteiger partial charge in [0.15, 0.2) is 0 Å². The minimum Gasteiger partial charge on any atom is -0.478 e. The third kappa shape index (κ3) is 2.15. The van der Waals surface area contributed by atoms with Gasteiger partial charge in [-0.05, 0) is 19.9 Å². The van der Waals surface area contributed by atoms with E-state index in [2.05, 4.69) is 10.1 Å². The molecule has 2 aromatic rings. The summed E-state index contributed by atoms with van der Waals surface area (Å²) >= 11 is 0. The molecular formula is C11H10N4O4. The molecule has 0 saturated heterocycles. The maximum atomic E-state index is 11.0. The topological polar surface area (TPSA) is 111 Å². The van der Waals surface area contributed by atoms with Gasteiger partial charge in [0.2, 0.25) is 5.82 Å². The van der Waals surface area contributed by atoms with Gasteiger partial charge in [-0.15, -0.1) is 0 Å². The zero-order valence-electron chi connectivity index (χ0n) is 10.2. The number of nitro groups is 1. The maximum Gasteiger partial charge on any atom is 0.339 e. The zero-order chi connectivity index (χ0) is 14.2. The molecule has 0 amide bonds. The molecule has 2 heterocycles. The average Bonchev–Trinajstić information content (AvgIpc) is 2.70. The van der Waals surface area contributed by atoms with Crippen LogP contribution in [0.4, 0.5) is 5.69 Å². The van der Waals surface area contributed by atoms with Crippen molar-refractivity contribution < 1.29 is 14.8 Å². The molecule has 0 aliphatic rings. The van der Waals surface area contributed by atoms with E-state index in [0.717, 1.165) is 4.68 Å². The third-order valence-corrected chi connectivity index (χ3v) is 2.64. The summed E-state index contributed by atoms with van der Waals surface area (Å²) < 4.78 is 1.12. The van der Waals surface area contributed by atoms with E-state index in [1.165, 1.54) is 25.4 Å². The van der Waals surface area contributed by atoms with Gasteiger partial charge in [-0.25, -0.2) is 14.5 Å². The van der Waals surface area contributed by atoms with Crippen molar-refractivity contribution in [2.45, 2.75) is 13.8 Å². The summed E-state index contributed by atoms with van der Waals surface area (Å²) in [5.41, 5.74) is 0.490. The Balaban J connectivity index is 2.66. The second-order valence-corrected chi connectivity index (χ2v) is 3.94. The molecule has 1 N–H and O–H groups in total. The summed E-state index contributed by atoms with van der Waals surface area (Å²) in [5, 5.41) is 24.0. The summed E-state index contributed by atoms with van der Waals surface area (Å²) in [5.74, 6) is -1.14. The number of pyridine rings is 1. The molecule has 2 aromatic heterocycles. The number of aromatic nitrogens is 3. The molecule has 8 nitrogen and oxygen atoms in total. The molecular weight excluding hydrogens is 252 g/mol. The highest BCUT2D eigenvalue weighted by molar-refractivity contribution is 5.88. The Labute approximate surface area is 107 Å². The lowest BCUT2D eigenvalue weighted by Gasteiger charge is -2.03. The summed E-state index contributed by atoms with van der Waals surface area (Å²) in [6, 6.07) is 1.51. The SMILES string of the molecule is Cc1ccnc(-n2cc(C(=O)O)c(C)n2)c1[N+](=O)[O-]. The summed E-state index contributed by atoms with van der Waals surface area (Å²) in [6.07, 6.45) is 2.63. The molecule has 0 aliphatic carbocycles. The molecule has 0 spiro atoms. The van der Waals surface area contributed by atoms with Crippen LogP contribution in [0.5, 0.6) is 0 Å². The Morgan fingerprint density at radius 3 is 2.68 bits per heavy atom. The smallest absolute Gasteiger partial charge is 0.339 e. The minimum atomic E-state index is -1.14. The lowest BCUT2D eigenvalue weighted by atomic mass is 10.2. The molecule has 0 atom stereocenters. The van der Waals surface area contributed by atoms with Crippen molar-refractivity contribution in [3.8, 4) is 5.82 Å². The van der Waals surface area contributed by atoms with Crippen LogP contribution in [0, 0.1) is 24.0 Å². The van der Waals surface area contributed by atoms with E-state index in [1.807, 2.05) is 0 Å². The Bertz CT molecular complexity index is 677. The van der Waals surface area contributed by atoms with Crippen LogP contribution in [0.3, 0.4) is 0 Å². The van der Waals surface area contributed by atoms with E-state index in [0.29, 0.717) is 5.56 Å². The van der Waals surface area contributed by atoms with Gasteiger partial charge in [-0.1, -0.05) is 0 Å². The lowest BCUT2D eigenvalue weighted by Crippen LogP contribution is -2.05. The van der Waals surface area contributed by atoms with Crippen LogP contribution in [0.25, 0.3) is 5.82 Å². The molecule has 0 aliphatic heterocycles. The van der Waals surface area contributed by atoms with Gasteiger partial charge in [0.1, 0.15) is 5.56 Å². The number of rotatable bonds is 3. The normalized spacial score (nSPS) is 10.4. The van der Waals surface area contributed by atoms with E-state index < -0.39 is 10.9 Å². The first-order chi connectivity index (χ1) is 8.91. The van der Waals surface area contributed by atoms with Crippen LogP contribution in [0.15, 0.2) is 18.5 Å². The van der Waals surface area contributed by atoms with Crippen LogP contribution in [0.2, 0.25) is 0 Å². The van der Waals surface area contributed by atoms with Gasteiger partial charge in [0.05, 0.1) is 10.6 Å². The predicted octanol–water partition coefficient (Wildman–Crippen LogP) is 1.49. The van der Waals surface area contributed by atoms with Gasteiger partial charge in [-0.2, -0.15) is 5.10 Å². The van der Waals surface area contributed by atoms with E-state index >= 15 is 0 Å². The monoisotopic (exact) mass is 262 g/mol. The average molecular weight is 262 g/mol. The van der Waals surface area contributed by atoms with E-state index in [9.17, 15) is 14.9 Å². The third-order valence-electron chi connectivity index (χ3n) is 2.64. The van der Waals surface area contributed by atoms with Crippen LogP contribution in [-0.2, 0) is 0 Å². The Kier molecular flexibility index (Phi) is 2.99. The van der Waals surface area contributed by atoms with Gasteiger partial charge < -0.3 is 5.11 Å². The Morgan fingerprint density at radius 1 is 1.47 bits per heavy atom. The molecule has 0 aromatic carbocycles. The van der Waals surface area contributed by atoms with E-state index in [-0.39, 0.29) is 22.8 Å². The fourth-order valence-electron chi connectivity index (χ4n) is 1.71. The Morgan fingerprint density at radius 2 is 2.16 bits per heavy atom. The second kappa shape index (κ2) is 4.48. The van der Waals surface area contributed by atoms with Crippen molar-refractivity contribution in [3.63, 3.8) is 0 Å². The summed E-state index contributed by atoms with van der Waals surface area (Å²) in [4.78, 5) is 25.3. The van der Waals surface area contributed by atoms with Crippen LogP contribution in [0.1, 0.15) is 21.6 Å². The number of carbonyl (C=O) groups is 1. The van der Waals surface area contributed by atoms with Crippen molar-refractivity contribution in [1.82, 2.24) is 14.8 Å².